The molecule has 1 aromatic rings. The Morgan fingerprint density at radius 3 is 2.60 bits per heavy atom. The molecule has 0 radical (unpaired) electrons. The minimum Gasteiger partial charge on any atom is -0.381 e. The molecule has 0 saturated carbocycles. The molecule has 1 rings (SSSR count). The van der Waals surface area contributed by atoms with E-state index in [0.717, 1.165) is 0 Å². The van der Waals surface area contributed by atoms with E-state index >= 15 is 0 Å². The number of anilines is 1. The Morgan fingerprint density at radius 2 is 2.00 bits per heavy atom. The molecule has 1 N–H and O–H groups in total. The molecule has 0 saturated heterocycles. The van der Waals surface area contributed by atoms with Crippen molar-refractivity contribution in [1.29, 1.82) is 0 Å². The number of halogens is 1. The molecule has 84 valence electrons. The summed E-state index contributed by atoms with van der Waals surface area (Å²) < 4.78 is 1.31. The van der Waals surface area contributed by atoms with Crippen molar-refractivity contribution in [2.75, 3.05) is 5.32 Å². The average Bonchev–Trinajstić information content (AvgIpc) is 2.26. The minimum atomic E-state index is 0.626. The summed E-state index contributed by atoms with van der Waals surface area (Å²) in [4.78, 5) is 0. The summed E-state index contributed by atoms with van der Waals surface area (Å²) in [6.07, 6.45) is 5.07. The molecule has 0 amide bonds. The molecule has 0 fully saturated rings. The van der Waals surface area contributed by atoms with Crippen molar-refractivity contribution in [1.82, 2.24) is 0 Å². The zero-order valence-corrected chi connectivity index (χ0v) is 11.8. The molecule has 2 heteroatoms. The first-order valence-corrected chi connectivity index (χ1v) is 6.86. The number of nitrogens with one attached hydrogen (secondary N) is 1. The molecule has 0 heterocycles. The van der Waals surface area contributed by atoms with Crippen LogP contribution in [0.3, 0.4) is 0 Å². The summed E-state index contributed by atoms with van der Waals surface area (Å²) in [5.74, 6) is 0. The van der Waals surface area contributed by atoms with Gasteiger partial charge < -0.3 is 5.32 Å². The molecule has 1 aromatic carbocycles. The highest BCUT2D eigenvalue weighted by molar-refractivity contribution is 14.1. The van der Waals surface area contributed by atoms with Gasteiger partial charge in [0.05, 0.1) is 0 Å². The zero-order valence-electron chi connectivity index (χ0n) is 9.59. The van der Waals surface area contributed by atoms with Crippen LogP contribution in [0, 0.1) is 3.57 Å². The van der Waals surface area contributed by atoms with Gasteiger partial charge in [0, 0.05) is 15.3 Å². The molecule has 0 aromatic heterocycles. The lowest BCUT2D eigenvalue weighted by Gasteiger charge is -2.18. The van der Waals surface area contributed by atoms with Crippen molar-refractivity contribution in [3.63, 3.8) is 0 Å². The van der Waals surface area contributed by atoms with E-state index in [9.17, 15) is 0 Å². The van der Waals surface area contributed by atoms with Crippen molar-refractivity contribution in [2.24, 2.45) is 0 Å². The molecule has 1 nitrogen and oxygen atoms in total. The molecule has 0 aliphatic carbocycles. The summed E-state index contributed by atoms with van der Waals surface area (Å²) in [5.41, 5.74) is 1.28. The first-order chi connectivity index (χ1) is 7.27. The molecule has 1 atom stereocenters. The van der Waals surface area contributed by atoms with Gasteiger partial charge in [0.1, 0.15) is 0 Å². The fourth-order valence-electron chi connectivity index (χ4n) is 1.63. The van der Waals surface area contributed by atoms with Crippen molar-refractivity contribution >= 4 is 28.3 Å². The monoisotopic (exact) mass is 317 g/mol. The number of unbranched alkanes of at least 4 members (excludes halogenated alkanes) is 1. The Bertz CT molecular complexity index is 286. The van der Waals surface area contributed by atoms with E-state index in [1.807, 2.05) is 0 Å². The van der Waals surface area contributed by atoms with Crippen LogP contribution in [-0.2, 0) is 0 Å². The van der Waals surface area contributed by atoms with Gasteiger partial charge in [-0.15, -0.1) is 0 Å². The van der Waals surface area contributed by atoms with Crippen LogP contribution >= 0.6 is 22.6 Å². The fraction of sp³-hybridized carbons (Fsp3) is 0.538. The van der Waals surface area contributed by atoms with Crippen molar-refractivity contribution < 1.29 is 0 Å². The summed E-state index contributed by atoms with van der Waals surface area (Å²) in [7, 11) is 0. The van der Waals surface area contributed by atoms with Gasteiger partial charge >= 0.3 is 0 Å². The topological polar surface area (TPSA) is 12.0 Å². The number of benzene rings is 1. The van der Waals surface area contributed by atoms with Crippen LogP contribution < -0.4 is 5.32 Å². The summed E-state index contributed by atoms with van der Waals surface area (Å²) in [6, 6.07) is 9.11. The maximum absolute atomic E-state index is 3.62. The lowest BCUT2D eigenvalue weighted by Crippen LogP contribution is -2.18. The maximum Gasteiger partial charge on any atom is 0.0478 e. The third-order valence-electron chi connectivity index (χ3n) is 2.63. The largest absolute Gasteiger partial charge is 0.381 e. The van der Waals surface area contributed by atoms with E-state index in [0.29, 0.717) is 6.04 Å². The summed E-state index contributed by atoms with van der Waals surface area (Å²) in [5, 5.41) is 3.62. The first kappa shape index (κ1) is 12.8. The van der Waals surface area contributed by atoms with Crippen molar-refractivity contribution in [2.45, 2.75) is 45.6 Å². The van der Waals surface area contributed by atoms with Crippen LogP contribution in [0.2, 0.25) is 0 Å². The Hall–Kier alpha value is -0.250. The predicted octanol–water partition coefficient (Wildman–Crippen LogP) is 4.67. The van der Waals surface area contributed by atoms with Crippen LogP contribution in [0.1, 0.15) is 39.5 Å². The predicted molar refractivity (Wildman–Crippen MR) is 76.4 cm³/mol. The Balaban J connectivity index is 2.54. The molecule has 15 heavy (non-hydrogen) atoms. The Morgan fingerprint density at radius 1 is 1.27 bits per heavy atom. The number of para-hydroxylation sites is 1. The number of rotatable bonds is 6. The van der Waals surface area contributed by atoms with E-state index in [-0.39, 0.29) is 0 Å². The molecule has 1 unspecified atom stereocenters. The van der Waals surface area contributed by atoms with E-state index in [1.165, 1.54) is 34.9 Å². The zero-order chi connectivity index (χ0) is 11.1. The fourth-order valence-corrected chi connectivity index (χ4v) is 2.17. The van der Waals surface area contributed by atoms with Gasteiger partial charge in [0.15, 0.2) is 0 Å². The van der Waals surface area contributed by atoms with Gasteiger partial charge in [-0.2, -0.15) is 0 Å². The number of hydrogen-bond donors (Lipinski definition) is 1. The third kappa shape index (κ3) is 4.41. The normalized spacial score (nSPS) is 12.5. The molecule has 0 aliphatic heterocycles. The highest BCUT2D eigenvalue weighted by Gasteiger charge is 2.06. The lowest BCUT2D eigenvalue weighted by atomic mass is 10.1. The third-order valence-corrected chi connectivity index (χ3v) is 3.57. The molecule has 0 bridgehead atoms. The average molecular weight is 317 g/mol. The van der Waals surface area contributed by atoms with Crippen LogP contribution in [0.15, 0.2) is 24.3 Å². The van der Waals surface area contributed by atoms with E-state index in [2.05, 4.69) is 66.0 Å². The van der Waals surface area contributed by atoms with E-state index < -0.39 is 0 Å². The Kier molecular flexibility index (Phi) is 6.06. The smallest absolute Gasteiger partial charge is 0.0478 e. The van der Waals surface area contributed by atoms with Crippen LogP contribution in [0.4, 0.5) is 5.69 Å². The van der Waals surface area contributed by atoms with Crippen LogP contribution in [-0.4, -0.2) is 6.04 Å². The summed E-state index contributed by atoms with van der Waals surface area (Å²) >= 11 is 2.39. The van der Waals surface area contributed by atoms with Crippen molar-refractivity contribution in [3.05, 3.63) is 27.8 Å². The quantitative estimate of drug-likeness (QED) is 0.752. The molecule has 0 aliphatic rings. The molecular weight excluding hydrogens is 297 g/mol. The van der Waals surface area contributed by atoms with Gasteiger partial charge in [-0.05, 0) is 47.6 Å². The molecular formula is C13H20IN. The van der Waals surface area contributed by atoms with Gasteiger partial charge in [-0.3, -0.25) is 0 Å². The SMILES string of the molecule is CCCCC(CC)Nc1ccccc1I. The summed E-state index contributed by atoms with van der Waals surface area (Å²) in [6.45, 7) is 4.50. The van der Waals surface area contributed by atoms with Crippen molar-refractivity contribution in [3.8, 4) is 0 Å². The molecule has 0 spiro atoms. The first-order valence-electron chi connectivity index (χ1n) is 5.79. The maximum atomic E-state index is 3.62. The standard InChI is InChI=1S/C13H20IN/c1-3-5-8-11(4-2)15-13-10-7-6-9-12(13)14/h6-7,9-11,15H,3-5,8H2,1-2H3. The highest BCUT2D eigenvalue weighted by atomic mass is 127. The van der Waals surface area contributed by atoms with Gasteiger partial charge in [0.25, 0.3) is 0 Å². The second-order valence-corrected chi connectivity index (χ2v) is 5.03. The second-order valence-electron chi connectivity index (χ2n) is 3.87. The Labute approximate surface area is 107 Å². The van der Waals surface area contributed by atoms with Crippen LogP contribution in [0.25, 0.3) is 0 Å². The van der Waals surface area contributed by atoms with Gasteiger partial charge in [-0.25, -0.2) is 0 Å². The lowest BCUT2D eigenvalue weighted by molar-refractivity contribution is 0.593. The van der Waals surface area contributed by atoms with Gasteiger partial charge in [-0.1, -0.05) is 38.8 Å². The highest BCUT2D eigenvalue weighted by Crippen LogP contribution is 2.20. The van der Waals surface area contributed by atoms with E-state index in [1.54, 1.807) is 0 Å². The van der Waals surface area contributed by atoms with Gasteiger partial charge in [0.2, 0.25) is 0 Å². The van der Waals surface area contributed by atoms with E-state index in [4.69, 9.17) is 0 Å². The minimum absolute atomic E-state index is 0.626. The van der Waals surface area contributed by atoms with Crippen LogP contribution in [0.5, 0.6) is 0 Å². The number of hydrogen-bond acceptors (Lipinski definition) is 1. The second kappa shape index (κ2) is 7.09.